The first-order chi connectivity index (χ1) is 9.63. The second-order valence-corrected chi connectivity index (χ2v) is 6.34. The monoisotopic (exact) mass is 295 g/mol. The smallest absolute Gasteiger partial charge is 0.0991 e. The standard InChI is InChI=1S/C17H26ClNO/c1-3-13-8-4-7-11-16(13)20-17(12(2)19)14-9-5-6-10-15(14)18/h5-6,9-10,12-13,16-17H,3-4,7-8,11,19H2,1-2H3. The quantitative estimate of drug-likeness (QED) is 0.853. The predicted octanol–water partition coefficient (Wildman–Crippen LogP) is 4.71. The normalized spacial score (nSPS) is 26.2. The van der Waals surface area contributed by atoms with Crippen LogP contribution in [0.2, 0.25) is 5.02 Å². The van der Waals surface area contributed by atoms with E-state index in [1.807, 2.05) is 31.2 Å². The summed E-state index contributed by atoms with van der Waals surface area (Å²) in [7, 11) is 0. The fourth-order valence-corrected chi connectivity index (χ4v) is 3.44. The lowest BCUT2D eigenvalue weighted by molar-refractivity contribution is -0.0700. The highest BCUT2D eigenvalue weighted by molar-refractivity contribution is 6.31. The van der Waals surface area contributed by atoms with Crippen molar-refractivity contribution in [3.05, 3.63) is 34.9 Å². The number of benzene rings is 1. The fraction of sp³-hybridized carbons (Fsp3) is 0.647. The molecule has 4 atom stereocenters. The van der Waals surface area contributed by atoms with Crippen LogP contribution in [0.25, 0.3) is 0 Å². The average Bonchev–Trinajstić information content (AvgIpc) is 2.46. The Morgan fingerprint density at radius 2 is 2.00 bits per heavy atom. The first kappa shape index (κ1) is 15.8. The Hall–Kier alpha value is -0.570. The van der Waals surface area contributed by atoms with Crippen LogP contribution in [0.3, 0.4) is 0 Å². The lowest BCUT2D eigenvalue weighted by Gasteiger charge is -2.35. The van der Waals surface area contributed by atoms with Crippen molar-refractivity contribution in [2.75, 3.05) is 0 Å². The van der Waals surface area contributed by atoms with E-state index in [9.17, 15) is 0 Å². The van der Waals surface area contributed by atoms with Gasteiger partial charge >= 0.3 is 0 Å². The molecule has 0 aromatic heterocycles. The summed E-state index contributed by atoms with van der Waals surface area (Å²) in [5, 5.41) is 0.749. The number of rotatable bonds is 5. The number of halogens is 1. The van der Waals surface area contributed by atoms with E-state index >= 15 is 0 Å². The van der Waals surface area contributed by atoms with Crippen LogP contribution >= 0.6 is 11.6 Å². The summed E-state index contributed by atoms with van der Waals surface area (Å²) in [6.07, 6.45) is 6.39. The van der Waals surface area contributed by atoms with Crippen molar-refractivity contribution in [2.24, 2.45) is 11.7 Å². The Bertz CT molecular complexity index is 421. The van der Waals surface area contributed by atoms with Crippen molar-refractivity contribution in [3.63, 3.8) is 0 Å². The van der Waals surface area contributed by atoms with E-state index in [1.54, 1.807) is 0 Å². The molecule has 0 spiro atoms. The van der Waals surface area contributed by atoms with Gasteiger partial charge in [-0.2, -0.15) is 0 Å². The minimum absolute atomic E-state index is 0.0608. The highest BCUT2D eigenvalue weighted by Gasteiger charge is 2.29. The van der Waals surface area contributed by atoms with Gasteiger partial charge in [0.25, 0.3) is 0 Å². The first-order valence-electron chi connectivity index (χ1n) is 7.79. The van der Waals surface area contributed by atoms with Gasteiger partial charge in [-0.05, 0) is 31.7 Å². The molecule has 0 bridgehead atoms. The van der Waals surface area contributed by atoms with Crippen molar-refractivity contribution >= 4 is 11.6 Å². The van der Waals surface area contributed by atoms with Crippen LogP contribution in [-0.2, 0) is 4.74 Å². The van der Waals surface area contributed by atoms with Crippen LogP contribution in [0.15, 0.2) is 24.3 Å². The van der Waals surface area contributed by atoms with Crippen LogP contribution in [-0.4, -0.2) is 12.1 Å². The maximum Gasteiger partial charge on any atom is 0.0991 e. The summed E-state index contributed by atoms with van der Waals surface area (Å²) in [5.74, 6) is 0.660. The number of hydrogen-bond acceptors (Lipinski definition) is 2. The van der Waals surface area contributed by atoms with E-state index in [0.717, 1.165) is 17.0 Å². The summed E-state index contributed by atoms with van der Waals surface area (Å²) in [6, 6.07) is 7.82. The molecule has 1 aromatic carbocycles. The number of ether oxygens (including phenoxy) is 1. The van der Waals surface area contributed by atoms with Crippen LogP contribution in [0.1, 0.15) is 57.6 Å². The maximum atomic E-state index is 6.41. The topological polar surface area (TPSA) is 35.2 Å². The molecule has 1 aliphatic rings. The summed E-state index contributed by atoms with van der Waals surface area (Å²) in [5.41, 5.74) is 7.18. The molecule has 0 aliphatic heterocycles. The van der Waals surface area contributed by atoms with Crippen molar-refractivity contribution < 1.29 is 4.74 Å². The number of nitrogens with two attached hydrogens (primary N) is 1. The third-order valence-corrected chi connectivity index (χ3v) is 4.72. The second kappa shape index (κ2) is 7.44. The molecule has 1 fully saturated rings. The maximum absolute atomic E-state index is 6.41. The van der Waals surface area contributed by atoms with Gasteiger partial charge in [-0.3, -0.25) is 0 Å². The summed E-state index contributed by atoms with van der Waals surface area (Å²) in [6.45, 7) is 4.25. The Labute approximate surface area is 127 Å². The first-order valence-corrected chi connectivity index (χ1v) is 8.16. The van der Waals surface area contributed by atoms with Crippen LogP contribution in [0.4, 0.5) is 0 Å². The lowest BCUT2D eigenvalue weighted by atomic mass is 9.84. The third-order valence-electron chi connectivity index (χ3n) is 4.37. The Kier molecular flexibility index (Phi) is 5.88. The molecular formula is C17H26ClNO. The Morgan fingerprint density at radius 3 is 2.65 bits per heavy atom. The van der Waals surface area contributed by atoms with Gasteiger partial charge in [0.2, 0.25) is 0 Å². The third kappa shape index (κ3) is 3.75. The van der Waals surface area contributed by atoms with Crippen molar-refractivity contribution in [2.45, 2.75) is 64.2 Å². The summed E-state index contributed by atoms with van der Waals surface area (Å²) < 4.78 is 6.41. The summed E-state index contributed by atoms with van der Waals surface area (Å²) in [4.78, 5) is 0. The molecule has 0 saturated heterocycles. The molecule has 1 aromatic rings. The molecule has 2 nitrogen and oxygen atoms in total. The van der Waals surface area contributed by atoms with E-state index in [1.165, 1.54) is 25.7 Å². The Balaban J connectivity index is 2.15. The number of hydrogen-bond donors (Lipinski definition) is 1. The van der Waals surface area contributed by atoms with Gasteiger partial charge in [-0.1, -0.05) is 56.0 Å². The van der Waals surface area contributed by atoms with Gasteiger partial charge in [0.1, 0.15) is 0 Å². The van der Waals surface area contributed by atoms with E-state index < -0.39 is 0 Å². The molecule has 1 saturated carbocycles. The van der Waals surface area contributed by atoms with E-state index in [0.29, 0.717) is 12.0 Å². The molecule has 0 heterocycles. The molecule has 4 unspecified atom stereocenters. The minimum Gasteiger partial charge on any atom is -0.368 e. The van der Waals surface area contributed by atoms with Gasteiger partial charge in [0.15, 0.2) is 0 Å². The predicted molar refractivity (Wildman–Crippen MR) is 85.0 cm³/mol. The van der Waals surface area contributed by atoms with Crippen LogP contribution in [0, 0.1) is 5.92 Å². The molecule has 0 amide bonds. The highest BCUT2D eigenvalue weighted by atomic mass is 35.5. The zero-order valence-corrected chi connectivity index (χ0v) is 13.3. The van der Waals surface area contributed by atoms with E-state index in [4.69, 9.17) is 22.1 Å². The van der Waals surface area contributed by atoms with Crippen molar-refractivity contribution in [1.29, 1.82) is 0 Å². The summed E-state index contributed by atoms with van der Waals surface area (Å²) >= 11 is 6.32. The molecule has 0 radical (unpaired) electrons. The molecule has 20 heavy (non-hydrogen) atoms. The molecule has 1 aliphatic carbocycles. The van der Waals surface area contributed by atoms with Gasteiger partial charge in [-0.25, -0.2) is 0 Å². The second-order valence-electron chi connectivity index (χ2n) is 5.93. The Morgan fingerprint density at radius 1 is 1.30 bits per heavy atom. The average molecular weight is 296 g/mol. The lowest BCUT2D eigenvalue weighted by Crippen LogP contribution is -2.35. The van der Waals surface area contributed by atoms with E-state index in [-0.39, 0.29) is 12.1 Å². The zero-order chi connectivity index (χ0) is 14.5. The van der Waals surface area contributed by atoms with Gasteiger partial charge in [-0.15, -0.1) is 0 Å². The van der Waals surface area contributed by atoms with Gasteiger partial charge < -0.3 is 10.5 Å². The zero-order valence-electron chi connectivity index (χ0n) is 12.5. The van der Waals surface area contributed by atoms with Gasteiger partial charge in [0.05, 0.1) is 12.2 Å². The highest BCUT2D eigenvalue weighted by Crippen LogP contribution is 2.35. The fourth-order valence-electron chi connectivity index (χ4n) is 3.19. The molecule has 2 N–H and O–H groups in total. The molecule has 112 valence electrons. The minimum atomic E-state index is -0.110. The van der Waals surface area contributed by atoms with E-state index in [2.05, 4.69) is 6.92 Å². The van der Waals surface area contributed by atoms with Crippen molar-refractivity contribution in [1.82, 2.24) is 0 Å². The SMILES string of the molecule is CCC1CCCCC1OC(c1ccccc1Cl)C(C)N. The van der Waals surface area contributed by atoms with Crippen LogP contribution < -0.4 is 5.73 Å². The molecule has 2 rings (SSSR count). The van der Waals surface area contributed by atoms with Crippen molar-refractivity contribution in [3.8, 4) is 0 Å². The largest absolute Gasteiger partial charge is 0.368 e. The van der Waals surface area contributed by atoms with Crippen LogP contribution in [0.5, 0.6) is 0 Å². The molecular weight excluding hydrogens is 270 g/mol. The van der Waals surface area contributed by atoms with Gasteiger partial charge in [0, 0.05) is 16.6 Å². The molecule has 3 heteroatoms.